The molecule has 2 aliphatic heterocycles. The van der Waals surface area contributed by atoms with Gasteiger partial charge < -0.3 is 24.2 Å². The molecule has 2 fully saturated rings. The smallest absolute Gasteiger partial charge is 0.253 e. The first-order chi connectivity index (χ1) is 11.5. The molecule has 0 unspecified atom stereocenters. The molecule has 1 aromatic heterocycles. The molecule has 7 nitrogen and oxygen atoms in total. The zero-order chi connectivity index (χ0) is 17.1. The van der Waals surface area contributed by atoms with E-state index in [1.807, 2.05) is 43.1 Å². The lowest BCUT2D eigenvalue weighted by molar-refractivity contribution is -0.148. The van der Waals surface area contributed by atoms with Crippen LogP contribution in [0, 0.1) is 0 Å². The van der Waals surface area contributed by atoms with Gasteiger partial charge in [-0.05, 0) is 19.2 Å². The van der Waals surface area contributed by atoms with Gasteiger partial charge in [0.05, 0.1) is 13.2 Å². The number of likely N-dealkylation sites (N-methyl/N-ethyl adjacent to an activating group) is 1. The fourth-order valence-corrected chi connectivity index (χ4v) is 3.15. The Labute approximate surface area is 143 Å². The van der Waals surface area contributed by atoms with Gasteiger partial charge in [0.1, 0.15) is 12.2 Å². The zero-order valence-electron chi connectivity index (χ0n) is 14.6. The Morgan fingerprint density at radius 2 is 2.21 bits per heavy atom. The molecule has 1 aromatic rings. The van der Waals surface area contributed by atoms with E-state index >= 15 is 0 Å². The minimum atomic E-state index is -0.349. The van der Waals surface area contributed by atoms with E-state index in [0.717, 1.165) is 24.5 Å². The molecule has 2 atom stereocenters. The molecule has 3 heterocycles. The molecule has 2 saturated heterocycles. The largest absolute Gasteiger partial charge is 0.485 e. The molecule has 7 heteroatoms. The van der Waals surface area contributed by atoms with Gasteiger partial charge in [-0.25, -0.2) is 4.98 Å². The van der Waals surface area contributed by atoms with Crippen LogP contribution >= 0.6 is 0 Å². The zero-order valence-corrected chi connectivity index (χ0v) is 14.6. The predicted molar refractivity (Wildman–Crippen MR) is 91.4 cm³/mol. The summed E-state index contributed by atoms with van der Waals surface area (Å²) < 4.78 is 11.7. The van der Waals surface area contributed by atoms with Crippen LogP contribution in [0.15, 0.2) is 18.3 Å². The average Bonchev–Trinajstić information content (AvgIpc) is 3.03. The van der Waals surface area contributed by atoms with Gasteiger partial charge in [-0.3, -0.25) is 4.79 Å². The first-order valence-corrected chi connectivity index (χ1v) is 8.42. The lowest BCUT2D eigenvalue weighted by atomic mass is 10.2. The van der Waals surface area contributed by atoms with Gasteiger partial charge in [-0.1, -0.05) is 0 Å². The molecule has 0 bridgehead atoms. The van der Waals surface area contributed by atoms with Crippen molar-refractivity contribution in [1.82, 2.24) is 14.8 Å². The lowest BCUT2D eigenvalue weighted by Crippen LogP contribution is -2.49. The molecule has 0 saturated carbocycles. The number of nitrogens with zero attached hydrogens (tertiary/aromatic N) is 4. The van der Waals surface area contributed by atoms with Gasteiger partial charge in [0.2, 0.25) is 0 Å². The molecular formula is C17H26N4O3. The summed E-state index contributed by atoms with van der Waals surface area (Å²) in [6.07, 6.45) is 2.23. The summed E-state index contributed by atoms with van der Waals surface area (Å²) in [5.74, 6) is 1.64. The predicted octanol–water partition coefficient (Wildman–Crippen LogP) is 0.458. The second-order valence-corrected chi connectivity index (χ2v) is 6.65. The van der Waals surface area contributed by atoms with Gasteiger partial charge in [0, 0.05) is 46.3 Å². The summed E-state index contributed by atoms with van der Waals surface area (Å²) >= 11 is 0. The lowest BCUT2D eigenvalue weighted by Gasteiger charge is -2.31. The number of likely N-dealkylation sites (tertiary alicyclic amines) is 1. The summed E-state index contributed by atoms with van der Waals surface area (Å²) in [4.78, 5) is 22.9. The van der Waals surface area contributed by atoms with Gasteiger partial charge in [0.15, 0.2) is 11.6 Å². The number of anilines is 1. The van der Waals surface area contributed by atoms with Crippen molar-refractivity contribution < 1.29 is 14.3 Å². The van der Waals surface area contributed by atoms with Gasteiger partial charge in [-0.2, -0.15) is 0 Å². The highest BCUT2D eigenvalue weighted by molar-refractivity contribution is 5.81. The molecule has 0 spiro atoms. The van der Waals surface area contributed by atoms with E-state index in [1.165, 1.54) is 0 Å². The summed E-state index contributed by atoms with van der Waals surface area (Å²) in [7, 11) is 5.90. The first kappa shape index (κ1) is 17.0. The SMILES string of the molecule is CN1CCO[C@@H](C(=O)N2CC[C@@H](Oc3cccnc3N(C)C)C2)C1. The summed E-state index contributed by atoms with van der Waals surface area (Å²) in [6.45, 7) is 3.47. The third-order valence-electron chi connectivity index (χ3n) is 4.47. The highest BCUT2D eigenvalue weighted by Gasteiger charge is 2.34. The third kappa shape index (κ3) is 3.79. The molecule has 132 valence electrons. The first-order valence-electron chi connectivity index (χ1n) is 8.42. The van der Waals surface area contributed by atoms with E-state index in [9.17, 15) is 4.79 Å². The Bertz CT molecular complexity index is 581. The average molecular weight is 334 g/mol. The molecule has 24 heavy (non-hydrogen) atoms. The minimum absolute atomic E-state index is 0.00169. The summed E-state index contributed by atoms with van der Waals surface area (Å²) in [5.41, 5.74) is 0. The Balaban J connectivity index is 1.59. The van der Waals surface area contributed by atoms with Crippen molar-refractivity contribution in [2.24, 2.45) is 0 Å². The van der Waals surface area contributed by atoms with Crippen LogP contribution in [0.1, 0.15) is 6.42 Å². The van der Waals surface area contributed by atoms with Crippen molar-refractivity contribution in [3.8, 4) is 5.75 Å². The van der Waals surface area contributed by atoms with E-state index in [0.29, 0.717) is 26.2 Å². The molecule has 0 aromatic carbocycles. The maximum Gasteiger partial charge on any atom is 0.253 e. The maximum atomic E-state index is 12.6. The van der Waals surface area contributed by atoms with E-state index < -0.39 is 0 Å². The van der Waals surface area contributed by atoms with Crippen molar-refractivity contribution in [2.45, 2.75) is 18.6 Å². The summed E-state index contributed by atoms with van der Waals surface area (Å²) in [5, 5.41) is 0. The standard InChI is InChI=1S/C17H26N4O3/c1-19(2)16-14(5-4-7-18-16)24-13-6-8-21(11-13)17(22)15-12-20(3)9-10-23-15/h4-5,7,13,15H,6,8-12H2,1-3H3/t13-,15-/m1/s1. The summed E-state index contributed by atoms with van der Waals surface area (Å²) in [6, 6.07) is 3.79. The molecular weight excluding hydrogens is 308 g/mol. The van der Waals surface area contributed by atoms with E-state index in [2.05, 4.69) is 9.88 Å². The molecule has 0 aliphatic carbocycles. The Hall–Kier alpha value is -1.86. The molecule has 0 radical (unpaired) electrons. The number of carbonyl (C=O) groups excluding carboxylic acids is 1. The monoisotopic (exact) mass is 334 g/mol. The number of hydrogen-bond donors (Lipinski definition) is 0. The number of rotatable bonds is 4. The molecule has 1 amide bonds. The number of morpholine rings is 1. The molecule has 2 aliphatic rings. The second kappa shape index (κ2) is 7.36. The number of amides is 1. The van der Waals surface area contributed by atoms with Crippen LogP contribution in [-0.4, -0.2) is 86.8 Å². The minimum Gasteiger partial charge on any atom is -0.485 e. The van der Waals surface area contributed by atoms with E-state index in [-0.39, 0.29) is 18.1 Å². The van der Waals surface area contributed by atoms with Crippen molar-refractivity contribution in [3.05, 3.63) is 18.3 Å². The maximum absolute atomic E-state index is 12.6. The van der Waals surface area contributed by atoms with Gasteiger partial charge in [-0.15, -0.1) is 0 Å². The molecule has 3 rings (SSSR count). The van der Waals surface area contributed by atoms with Crippen molar-refractivity contribution in [2.75, 3.05) is 58.8 Å². The fraction of sp³-hybridized carbons (Fsp3) is 0.647. The quantitative estimate of drug-likeness (QED) is 0.797. The van der Waals surface area contributed by atoms with E-state index in [1.54, 1.807) is 6.20 Å². The normalized spacial score (nSPS) is 24.9. The Kier molecular flexibility index (Phi) is 5.20. The van der Waals surface area contributed by atoms with Crippen LogP contribution in [0.2, 0.25) is 0 Å². The van der Waals surface area contributed by atoms with Crippen LogP contribution in [0.3, 0.4) is 0 Å². The highest BCUT2D eigenvalue weighted by atomic mass is 16.5. The van der Waals surface area contributed by atoms with E-state index in [4.69, 9.17) is 9.47 Å². The van der Waals surface area contributed by atoms with Crippen LogP contribution in [0.5, 0.6) is 5.75 Å². The number of pyridine rings is 1. The number of ether oxygens (including phenoxy) is 2. The molecule has 0 N–H and O–H groups in total. The van der Waals surface area contributed by atoms with Crippen molar-refractivity contribution in [1.29, 1.82) is 0 Å². The van der Waals surface area contributed by atoms with Crippen LogP contribution in [-0.2, 0) is 9.53 Å². The number of aromatic nitrogens is 1. The van der Waals surface area contributed by atoms with Crippen LogP contribution in [0.25, 0.3) is 0 Å². The topological polar surface area (TPSA) is 58.1 Å². The number of hydrogen-bond acceptors (Lipinski definition) is 6. The van der Waals surface area contributed by atoms with Crippen LogP contribution < -0.4 is 9.64 Å². The van der Waals surface area contributed by atoms with Gasteiger partial charge >= 0.3 is 0 Å². The third-order valence-corrected chi connectivity index (χ3v) is 4.47. The van der Waals surface area contributed by atoms with Crippen LogP contribution in [0.4, 0.5) is 5.82 Å². The number of carbonyl (C=O) groups is 1. The van der Waals surface area contributed by atoms with Crippen molar-refractivity contribution in [3.63, 3.8) is 0 Å². The fourth-order valence-electron chi connectivity index (χ4n) is 3.15. The second-order valence-electron chi connectivity index (χ2n) is 6.65. The highest BCUT2D eigenvalue weighted by Crippen LogP contribution is 2.27. The Morgan fingerprint density at radius 1 is 1.38 bits per heavy atom. The van der Waals surface area contributed by atoms with Gasteiger partial charge in [0.25, 0.3) is 5.91 Å². The van der Waals surface area contributed by atoms with Crippen molar-refractivity contribution >= 4 is 11.7 Å². The Morgan fingerprint density at radius 3 is 2.96 bits per heavy atom.